The molecule has 3 N–H and O–H groups in total. The van der Waals surface area contributed by atoms with Crippen molar-refractivity contribution in [1.29, 1.82) is 0 Å². The molecule has 1 aromatic carbocycles. The van der Waals surface area contributed by atoms with Crippen LogP contribution in [0.4, 0.5) is 13.2 Å². The van der Waals surface area contributed by atoms with E-state index in [1.54, 1.807) is 0 Å². The summed E-state index contributed by atoms with van der Waals surface area (Å²) in [6.07, 6.45) is -5.02. The number of carboxylic acids is 1. The summed E-state index contributed by atoms with van der Waals surface area (Å²) in [7, 11) is 0. The lowest BCUT2D eigenvalue weighted by atomic mass is 10.0. The van der Waals surface area contributed by atoms with E-state index in [-0.39, 0.29) is 6.07 Å². The predicted octanol–water partition coefficient (Wildman–Crippen LogP) is 1.38. The number of carbonyl (C=O) groups excluding carboxylic acids is 1. The second-order valence-electron chi connectivity index (χ2n) is 3.02. The molecular weight excluding hydrogens is 245 g/mol. The third kappa shape index (κ3) is 2.47. The lowest BCUT2D eigenvalue weighted by Crippen LogP contribution is -2.15. The van der Waals surface area contributed by atoms with Crippen molar-refractivity contribution in [2.75, 3.05) is 0 Å². The number of phenolic OH excluding ortho intramolecular Hbond substituents is 2. The molecule has 0 amide bonds. The zero-order valence-corrected chi connectivity index (χ0v) is 7.95. The molecule has 0 fully saturated rings. The Balaban J connectivity index is 3.50. The lowest BCUT2D eigenvalue weighted by Gasteiger charge is -2.11. The molecule has 5 nitrogen and oxygen atoms in total. The fraction of sp³-hybridized carbons (Fsp3) is 0.111. The summed E-state index contributed by atoms with van der Waals surface area (Å²) in [5.41, 5.74) is -2.80. The van der Waals surface area contributed by atoms with Gasteiger partial charge in [0.05, 0.1) is 5.56 Å². The Hall–Kier alpha value is -2.25. The van der Waals surface area contributed by atoms with Crippen molar-refractivity contribution in [1.82, 2.24) is 0 Å². The second-order valence-corrected chi connectivity index (χ2v) is 3.02. The minimum absolute atomic E-state index is 0.188. The Morgan fingerprint density at radius 3 is 2.06 bits per heavy atom. The largest absolute Gasteiger partial charge is 0.508 e. The quantitative estimate of drug-likeness (QED) is 0.418. The number of aliphatic carboxylic acids is 1. The van der Waals surface area contributed by atoms with Gasteiger partial charge in [-0.3, -0.25) is 4.79 Å². The summed E-state index contributed by atoms with van der Waals surface area (Å²) in [6.45, 7) is 0. The third-order valence-electron chi connectivity index (χ3n) is 1.84. The average Bonchev–Trinajstić information content (AvgIpc) is 2.18. The highest BCUT2D eigenvalue weighted by atomic mass is 19.4. The standard InChI is InChI=1S/C9H5F3O5/c10-9(11,12)5-2-3(13)1-4(6(5)14)7(15)8(16)17/h1-2,13-14H,(H,16,17). The van der Waals surface area contributed by atoms with Crippen LogP contribution in [0.3, 0.4) is 0 Å². The van der Waals surface area contributed by atoms with Gasteiger partial charge in [-0.05, 0) is 12.1 Å². The molecule has 0 spiro atoms. The van der Waals surface area contributed by atoms with E-state index in [1.165, 1.54) is 0 Å². The Morgan fingerprint density at radius 1 is 1.12 bits per heavy atom. The first-order chi connectivity index (χ1) is 7.64. The van der Waals surface area contributed by atoms with E-state index < -0.39 is 40.6 Å². The number of aromatic hydroxyl groups is 2. The van der Waals surface area contributed by atoms with Crippen molar-refractivity contribution in [3.63, 3.8) is 0 Å². The molecule has 0 unspecified atom stereocenters. The lowest BCUT2D eigenvalue weighted by molar-refractivity contribution is -0.139. The number of carboxylic acid groups (broad SMARTS) is 1. The maximum atomic E-state index is 12.3. The zero-order chi connectivity index (χ0) is 13.4. The molecule has 0 heterocycles. The summed E-state index contributed by atoms with van der Waals surface area (Å²) in [5, 5.41) is 26.4. The smallest absolute Gasteiger partial charge is 0.420 e. The molecular formula is C9H5F3O5. The van der Waals surface area contributed by atoms with Gasteiger partial charge in [0.15, 0.2) is 0 Å². The van der Waals surface area contributed by atoms with Crippen LogP contribution >= 0.6 is 0 Å². The van der Waals surface area contributed by atoms with Gasteiger partial charge in [0.25, 0.3) is 5.78 Å². The SMILES string of the molecule is O=C(O)C(=O)c1cc(O)cc(C(F)(F)F)c1O. The Morgan fingerprint density at radius 2 is 1.65 bits per heavy atom. The highest BCUT2D eigenvalue weighted by Gasteiger charge is 2.37. The molecule has 0 aliphatic carbocycles. The van der Waals surface area contributed by atoms with Crippen molar-refractivity contribution in [3.05, 3.63) is 23.3 Å². The molecule has 0 saturated carbocycles. The van der Waals surface area contributed by atoms with Crippen LogP contribution in [-0.4, -0.2) is 27.1 Å². The van der Waals surface area contributed by atoms with Gasteiger partial charge in [-0.1, -0.05) is 0 Å². The molecule has 0 aliphatic heterocycles. The Bertz CT molecular complexity index is 492. The number of Topliss-reactive ketones (excluding diaryl/α,β-unsaturated/α-hetero) is 1. The maximum Gasteiger partial charge on any atom is 0.420 e. The topological polar surface area (TPSA) is 94.8 Å². The number of carbonyl (C=O) groups is 2. The van der Waals surface area contributed by atoms with E-state index in [0.717, 1.165) is 0 Å². The number of rotatable bonds is 2. The normalized spacial score (nSPS) is 11.2. The first-order valence-corrected chi connectivity index (χ1v) is 4.05. The summed E-state index contributed by atoms with van der Waals surface area (Å²) in [5.74, 6) is -6.29. The molecule has 0 aliphatic rings. The van der Waals surface area contributed by atoms with Crippen LogP contribution in [0, 0.1) is 0 Å². The molecule has 0 aromatic heterocycles. The molecule has 17 heavy (non-hydrogen) atoms. The number of benzene rings is 1. The number of hydrogen-bond donors (Lipinski definition) is 3. The van der Waals surface area contributed by atoms with Gasteiger partial charge in [-0.25, -0.2) is 4.79 Å². The van der Waals surface area contributed by atoms with Gasteiger partial charge in [-0.15, -0.1) is 0 Å². The summed E-state index contributed by atoms with van der Waals surface area (Å²) in [6, 6.07) is 0.634. The second kappa shape index (κ2) is 3.96. The van der Waals surface area contributed by atoms with Gasteiger partial charge >= 0.3 is 12.1 Å². The number of ketones is 1. The third-order valence-corrected chi connectivity index (χ3v) is 1.84. The van der Waals surface area contributed by atoms with E-state index in [0.29, 0.717) is 6.07 Å². The van der Waals surface area contributed by atoms with E-state index >= 15 is 0 Å². The summed E-state index contributed by atoms with van der Waals surface area (Å²) >= 11 is 0. The number of hydrogen-bond acceptors (Lipinski definition) is 4. The van der Waals surface area contributed by atoms with E-state index in [2.05, 4.69) is 0 Å². The van der Waals surface area contributed by atoms with Gasteiger partial charge in [-0.2, -0.15) is 13.2 Å². The minimum Gasteiger partial charge on any atom is -0.508 e. The van der Waals surface area contributed by atoms with Crippen molar-refractivity contribution in [2.45, 2.75) is 6.18 Å². The van der Waals surface area contributed by atoms with E-state index in [4.69, 9.17) is 15.3 Å². The van der Waals surface area contributed by atoms with Gasteiger partial charge in [0.1, 0.15) is 17.1 Å². The minimum atomic E-state index is -5.02. The molecule has 0 atom stereocenters. The Kier molecular flexibility index (Phi) is 2.99. The fourth-order valence-corrected chi connectivity index (χ4v) is 1.12. The van der Waals surface area contributed by atoms with Crippen molar-refractivity contribution >= 4 is 11.8 Å². The molecule has 0 saturated heterocycles. The first-order valence-electron chi connectivity index (χ1n) is 4.05. The average molecular weight is 250 g/mol. The van der Waals surface area contributed by atoms with Gasteiger partial charge in [0, 0.05) is 0 Å². The van der Waals surface area contributed by atoms with Crippen molar-refractivity contribution in [3.8, 4) is 11.5 Å². The van der Waals surface area contributed by atoms with Crippen LogP contribution in [0.25, 0.3) is 0 Å². The van der Waals surface area contributed by atoms with Gasteiger partial charge < -0.3 is 15.3 Å². The molecule has 0 radical (unpaired) electrons. The number of phenols is 2. The first kappa shape index (κ1) is 12.8. The number of halogens is 3. The van der Waals surface area contributed by atoms with Crippen LogP contribution in [-0.2, 0) is 11.0 Å². The van der Waals surface area contributed by atoms with Crippen LogP contribution < -0.4 is 0 Å². The molecule has 8 heteroatoms. The Labute approximate surface area is 91.7 Å². The number of alkyl halides is 3. The van der Waals surface area contributed by atoms with E-state index in [1.807, 2.05) is 0 Å². The zero-order valence-electron chi connectivity index (χ0n) is 7.95. The molecule has 1 aromatic rings. The highest BCUT2D eigenvalue weighted by molar-refractivity contribution is 6.40. The fourth-order valence-electron chi connectivity index (χ4n) is 1.12. The predicted molar refractivity (Wildman–Crippen MR) is 46.7 cm³/mol. The van der Waals surface area contributed by atoms with Crippen LogP contribution in [0.2, 0.25) is 0 Å². The van der Waals surface area contributed by atoms with Crippen molar-refractivity contribution < 1.29 is 38.1 Å². The molecule has 0 bridgehead atoms. The summed E-state index contributed by atoms with van der Waals surface area (Å²) in [4.78, 5) is 21.3. The van der Waals surface area contributed by atoms with Crippen LogP contribution in [0.5, 0.6) is 11.5 Å². The van der Waals surface area contributed by atoms with Crippen LogP contribution in [0.15, 0.2) is 12.1 Å². The molecule has 1 rings (SSSR count). The monoisotopic (exact) mass is 250 g/mol. The van der Waals surface area contributed by atoms with Crippen LogP contribution in [0.1, 0.15) is 15.9 Å². The van der Waals surface area contributed by atoms with Crippen molar-refractivity contribution in [2.24, 2.45) is 0 Å². The molecule has 92 valence electrons. The summed E-state index contributed by atoms with van der Waals surface area (Å²) < 4.78 is 37.0. The maximum absolute atomic E-state index is 12.3. The van der Waals surface area contributed by atoms with Gasteiger partial charge in [0.2, 0.25) is 0 Å². The highest BCUT2D eigenvalue weighted by Crippen LogP contribution is 2.39. The van der Waals surface area contributed by atoms with E-state index in [9.17, 15) is 22.8 Å².